The van der Waals surface area contributed by atoms with Crippen molar-refractivity contribution in [3.8, 4) is 11.5 Å². The quantitative estimate of drug-likeness (QED) is 0.678. The van der Waals surface area contributed by atoms with Gasteiger partial charge in [-0.25, -0.2) is 0 Å². The Bertz CT molecular complexity index is 930. The maximum atomic E-state index is 12.5. The summed E-state index contributed by atoms with van der Waals surface area (Å²) in [6, 6.07) is 12.0. The summed E-state index contributed by atoms with van der Waals surface area (Å²) in [5.74, 6) is 0.868. The zero-order valence-corrected chi connectivity index (χ0v) is 15.7. The first-order chi connectivity index (χ1) is 12.6. The number of halogens is 1. The van der Waals surface area contributed by atoms with Crippen molar-refractivity contribution in [2.75, 3.05) is 12.4 Å². The highest BCUT2D eigenvalue weighted by Gasteiger charge is 2.10. The minimum Gasteiger partial charge on any atom is -0.495 e. The Morgan fingerprint density at radius 3 is 2.77 bits per heavy atom. The zero-order valence-electron chi connectivity index (χ0n) is 14.2. The van der Waals surface area contributed by atoms with Gasteiger partial charge in [-0.15, -0.1) is 0 Å². The fourth-order valence-corrected chi connectivity index (χ4v) is 3.02. The van der Waals surface area contributed by atoms with Gasteiger partial charge >= 0.3 is 0 Å². The van der Waals surface area contributed by atoms with E-state index in [1.165, 1.54) is 7.11 Å². The predicted molar refractivity (Wildman–Crippen MR) is 101 cm³/mol. The van der Waals surface area contributed by atoms with Gasteiger partial charge in [-0.1, -0.05) is 17.7 Å². The lowest BCUT2D eigenvalue weighted by atomic mass is 10.2. The Hall–Kier alpha value is -2.64. The molecule has 1 aromatic heterocycles. The van der Waals surface area contributed by atoms with Crippen LogP contribution in [-0.2, 0) is 6.61 Å². The summed E-state index contributed by atoms with van der Waals surface area (Å²) in [5.41, 5.74) is 2.69. The molecule has 6 nitrogen and oxygen atoms in total. The number of anilines is 1. The molecular formula is C18H16ClN3O3S. The number of carbonyl (C=O) groups is 1. The minimum atomic E-state index is -0.261. The third-order valence-electron chi connectivity index (χ3n) is 3.63. The molecule has 0 saturated carbocycles. The van der Waals surface area contributed by atoms with E-state index in [0.29, 0.717) is 34.4 Å². The molecule has 3 aromatic rings. The Morgan fingerprint density at radius 2 is 2.08 bits per heavy atom. The maximum Gasteiger partial charge on any atom is 0.255 e. The van der Waals surface area contributed by atoms with Gasteiger partial charge < -0.3 is 14.8 Å². The molecule has 1 heterocycles. The van der Waals surface area contributed by atoms with Gasteiger partial charge in [0.05, 0.1) is 29.6 Å². The number of hydrogen-bond donors (Lipinski definition) is 1. The molecule has 3 rings (SSSR count). The number of amides is 1. The summed E-state index contributed by atoms with van der Waals surface area (Å²) >= 11 is 7.23. The third-order valence-corrected chi connectivity index (χ3v) is 4.58. The van der Waals surface area contributed by atoms with E-state index in [2.05, 4.69) is 14.1 Å². The normalized spacial score (nSPS) is 10.4. The van der Waals surface area contributed by atoms with E-state index in [9.17, 15) is 4.79 Å². The fraction of sp³-hybridized carbons (Fsp3) is 0.167. The molecule has 0 radical (unpaired) electrons. The van der Waals surface area contributed by atoms with Crippen LogP contribution in [0.1, 0.15) is 21.7 Å². The molecule has 26 heavy (non-hydrogen) atoms. The number of methoxy groups -OCH3 is 1. The van der Waals surface area contributed by atoms with Gasteiger partial charge in [0.2, 0.25) is 0 Å². The van der Waals surface area contributed by atoms with Gasteiger partial charge in [-0.3, -0.25) is 4.79 Å². The molecule has 0 aliphatic heterocycles. The molecule has 0 aliphatic rings. The van der Waals surface area contributed by atoms with Crippen LogP contribution in [0.5, 0.6) is 11.5 Å². The minimum absolute atomic E-state index is 0.261. The Balaban J connectivity index is 1.68. The number of nitrogens with one attached hydrogen (secondary N) is 1. The number of hydrogen-bond acceptors (Lipinski definition) is 6. The molecule has 1 amide bonds. The molecule has 0 spiro atoms. The number of aryl methyl sites for hydroxylation is 1. The number of rotatable bonds is 6. The number of nitrogens with zero attached hydrogens (tertiary/aromatic N) is 2. The van der Waals surface area contributed by atoms with Crippen LogP contribution < -0.4 is 14.8 Å². The van der Waals surface area contributed by atoms with E-state index < -0.39 is 0 Å². The molecule has 1 N–H and O–H groups in total. The summed E-state index contributed by atoms with van der Waals surface area (Å²) in [4.78, 5) is 12.5. The maximum absolute atomic E-state index is 12.5. The van der Waals surface area contributed by atoms with Crippen molar-refractivity contribution in [2.45, 2.75) is 13.5 Å². The molecule has 0 bridgehead atoms. The summed E-state index contributed by atoms with van der Waals surface area (Å²) < 4.78 is 19.1. The first-order valence-electron chi connectivity index (χ1n) is 7.72. The van der Waals surface area contributed by atoms with Crippen LogP contribution in [0.4, 0.5) is 5.69 Å². The number of aromatic nitrogens is 2. The van der Waals surface area contributed by atoms with Crippen LogP contribution in [0.25, 0.3) is 0 Å². The van der Waals surface area contributed by atoms with Crippen LogP contribution in [0, 0.1) is 6.92 Å². The van der Waals surface area contributed by atoms with Gasteiger partial charge in [0, 0.05) is 11.3 Å². The van der Waals surface area contributed by atoms with Crippen LogP contribution in [0.2, 0.25) is 5.02 Å². The fourth-order valence-electron chi connectivity index (χ4n) is 2.21. The second kappa shape index (κ2) is 8.16. The van der Waals surface area contributed by atoms with Crippen molar-refractivity contribution in [1.82, 2.24) is 8.75 Å². The Labute approximate surface area is 160 Å². The molecule has 0 fully saturated rings. The van der Waals surface area contributed by atoms with Crippen LogP contribution in [-0.4, -0.2) is 21.8 Å². The average molecular weight is 390 g/mol. The second-order valence-electron chi connectivity index (χ2n) is 5.42. The van der Waals surface area contributed by atoms with Crippen molar-refractivity contribution in [3.05, 3.63) is 64.4 Å². The van der Waals surface area contributed by atoms with E-state index in [1.807, 2.05) is 6.92 Å². The van der Waals surface area contributed by atoms with Crippen molar-refractivity contribution in [1.29, 1.82) is 0 Å². The standard InChI is InChI=1S/C18H16ClN3O3S/c1-11-16(22-26-21-11)10-25-14-5-3-4-12(8-14)18(23)20-13-6-7-17(24-2)15(19)9-13/h3-9H,10H2,1-2H3,(H,20,23). The smallest absolute Gasteiger partial charge is 0.255 e. The van der Waals surface area contributed by atoms with Gasteiger partial charge in [-0.05, 0) is 43.3 Å². The van der Waals surface area contributed by atoms with Gasteiger partial charge in [-0.2, -0.15) is 8.75 Å². The van der Waals surface area contributed by atoms with E-state index in [0.717, 1.165) is 23.1 Å². The average Bonchev–Trinajstić information content (AvgIpc) is 3.05. The van der Waals surface area contributed by atoms with Crippen molar-refractivity contribution >= 4 is 34.9 Å². The summed E-state index contributed by atoms with van der Waals surface area (Å²) in [5, 5.41) is 3.23. The molecule has 8 heteroatoms. The van der Waals surface area contributed by atoms with E-state index in [-0.39, 0.29) is 5.91 Å². The highest BCUT2D eigenvalue weighted by atomic mass is 35.5. The van der Waals surface area contributed by atoms with Gasteiger partial charge in [0.15, 0.2) is 0 Å². The highest BCUT2D eigenvalue weighted by molar-refractivity contribution is 6.99. The Kier molecular flexibility index (Phi) is 5.70. The molecular weight excluding hydrogens is 374 g/mol. The lowest BCUT2D eigenvalue weighted by Gasteiger charge is -2.09. The van der Waals surface area contributed by atoms with E-state index in [4.69, 9.17) is 21.1 Å². The van der Waals surface area contributed by atoms with Gasteiger partial charge in [0.1, 0.15) is 23.8 Å². The summed E-state index contributed by atoms with van der Waals surface area (Å²) in [6.07, 6.45) is 0. The monoisotopic (exact) mass is 389 g/mol. The van der Waals surface area contributed by atoms with Crippen LogP contribution in [0.3, 0.4) is 0 Å². The molecule has 2 aromatic carbocycles. The lowest BCUT2D eigenvalue weighted by molar-refractivity contribution is 0.102. The van der Waals surface area contributed by atoms with Crippen LogP contribution in [0.15, 0.2) is 42.5 Å². The predicted octanol–water partition coefficient (Wildman–Crippen LogP) is 4.34. The molecule has 0 atom stereocenters. The topological polar surface area (TPSA) is 73.3 Å². The van der Waals surface area contributed by atoms with E-state index in [1.54, 1.807) is 42.5 Å². The molecule has 0 unspecified atom stereocenters. The molecule has 0 aliphatic carbocycles. The molecule has 134 valence electrons. The van der Waals surface area contributed by atoms with Crippen molar-refractivity contribution in [2.24, 2.45) is 0 Å². The van der Waals surface area contributed by atoms with Gasteiger partial charge in [0.25, 0.3) is 5.91 Å². The van der Waals surface area contributed by atoms with E-state index >= 15 is 0 Å². The SMILES string of the molecule is COc1ccc(NC(=O)c2cccc(OCc3nsnc3C)c2)cc1Cl. The summed E-state index contributed by atoms with van der Waals surface area (Å²) in [7, 11) is 1.54. The molecule has 0 saturated heterocycles. The number of carbonyl (C=O) groups excluding carboxylic acids is 1. The number of ether oxygens (including phenoxy) is 2. The number of benzene rings is 2. The van der Waals surface area contributed by atoms with Crippen LogP contribution >= 0.6 is 23.3 Å². The Morgan fingerprint density at radius 1 is 1.23 bits per heavy atom. The summed E-state index contributed by atoms with van der Waals surface area (Å²) in [6.45, 7) is 2.19. The second-order valence-corrected chi connectivity index (χ2v) is 6.35. The van der Waals surface area contributed by atoms with Crippen molar-refractivity contribution < 1.29 is 14.3 Å². The zero-order chi connectivity index (χ0) is 18.5. The third kappa shape index (κ3) is 4.30. The van der Waals surface area contributed by atoms with Crippen molar-refractivity contribution in [3.63, 3.8) is 0 Å². The first-order valence-corrected chi connectivity index (χ1v) is 8.83. The largest absolute Gasteiger partial charge is 0.495 e. The first kappa shape index (κ1) is 18.2. The lowest BCUT2D eigenvalue weighted by Crippen LogP contribution is -2.12. The highest BCUT2D eigenvalue weighted by Crippen LogP contribution is 2.27.